The first-order valence-corrected chi connectivity index (χ1v) is 8.39. The molecule has 7 nitrogen and oxygen atoms in total. The van der Waals surface area contributed by atoms with E-state index in [2.05, 4.69) is 24.9 Å². The fourth-order valence-electron chi connectivity index (χ4n) is 2.87. The zero-order chi connectivity index (χ0) is 18.3. The third-order valence-electron chi connectivity index (χ3n) is 4.21. The van der Waals surface area contributed by atoms with Gasteiger partial charge in [-0.1, -0.05) is 11.6 Å². The Bertz CT molecular complexity index is 1050. The number of rotatable bonds is 2. The van der Waals surface area contributed by atoms with E-state index in [0.29, 0.717) is 34.9 Å². The van der Waals surface area contributed by atoms with Crippen molar-refractivity contribution in [2.45, 2.75) is 12.8 Å². The summed E-state index contributed by atoms with van der Waals surface area (Å²) in [7, 11) is 1.70. The molecule has 0 spiro atoms. The van der Waals surface area contributed by atoms with Crippen molar-refractivity contribution < 1.29 is 9.18 Å². The molecule has 3 aromatic rings. The summed E-state index contributed by atoms with van der Waals surface area (Å²) in [6.07, 6.45) is 5.54. The molecule has 0 saturated carbocycles. The molecule has 1 fully saturated rings. The van der Waals surface area contributed by atoms with Crippen LogP contribution in [0.1, 0.15) is 12.8 Å². The molecule has 0 bridgehead atoms. The van der Waals surface area contributed by atoms with Crippen molar-refractivity contribution in [2.75, 3.05) is 13.6 Å². The molecule has 0 aliphatic carbocycles. The van der Waals surface area contributed by atoms with E-state index in [4.69, 9.17) is 11.6 Å². The van der Waals surface area contributed by atoms with Gasteiger partial charge in [0.05, 0.1) is 11.2 Å². The number of H-pyrrole nitrogens is 1. The Hall–Kier alpha value is -2.87. The molecule has 1 aliphatic heterocycles. The number of hydrogen-bond acceptors (Lipinski definition) is 5. The van der Waals surface area contributed by atoms with Crippen molar-refractivity contribution >= 4 is 40.1 Å². The number of piperidine rings is 1. The van der Waals surface area contributed by atoms with Gasteiger partial charge in [-0.25, -0.2) is 24.3 Å². The number of amides is 1. The highest BCUT2D eigenvalue weighted by Crippen LogP contribution is 2.29. The van der Waals surface area contributed by atoms with E-state index in [1.165, 1.54) is 6.20 Å². The lowest BCUT2D eigenvalue weighted by atomic mass is 10.1. The molecule has 1 N–H and O–H groups in total. The van der Waals surface area contributed by atoms with E-state index in [0.717, 1.165) is 18.0 Å². The van der Waals surface area contributed by atoms with Crippen LogP contribution in [-0.4, -0.2) is 50.0 Å². The largest absolute Gasteiger partial charge is 0.345 e. The first-order chi connectivity index (χ1) is 12.5. The van der Waals surface area contributed by atoms with Gasteiger partial charge in [-0.15, -0.1) is 0 Å². The number of nitrogens with one attached hydrogen (secondary N) is 1. The van der Waals surface area contributed by atoms with Gasteiger partial charge < -0.3 is 9.88 Å². The average Bonchev–Trinajstić information content (AvgIpc) is 3.04. The molecule has 0 aromatic carbocycles. The molecule has 0 radical (unpaired) electrons. The summed E-state index contributed by atoms with van der Waals surface area (Å²) >= 11 is 6.01. The Labute approximate surface area is 153 Å². The van der Waals surface area contributed by atoms with Crippen LogP contribution >= 0.6 is 11.6 Å². The van der Waals surface area contributed by atoms with Crippen molar-refractivity contribution in [3.63, 3.8) is 0 Å². The predicted octanol–water partition coefficient (Wildman–Crippen LogP) is 3.14. The average molecular weight is 373 g/mol. The Morgan fingerprint density at radius 1 is 1.35 bits per heavy atom. The molecular formula is C17H14ClFN6O. The maximum Gasteiger partial charge on any atom is 0.268 e. The molecule has 26 heavy (non-hydrogen) atoms. The third kappa shape index (κ3) is 2.92. The van der Waals surface area contributed by atoms with Crippen LogP contribution in [0.3, 0.4) is 0 Å². The molecular weight excluding hydrogens is 359 g/mol. The smallest absolute Gasteiger partial charge is 0.268 e. The van der Waals surface area contributed by atoms with E-state index >= 15 is 0 Å². The number of pyridine rings is 1. The Balaban J connectivity index is 1.79. The number of likely N-dealkylation sites (tertiary alicyclic amines) is 1. The van der Waals surface area contributed by atoms with Crippen LogP contribution in [0.25, 0.3) is 22.4 Å². The molecule has 9 heteroatoms. The van der Waals surface area contributed by atoms with E-state index in [1.807, 2.05) is 0 Å². The summed E-state index contributed by atoms with van der Waals surface area (Å²) in [5.41, 5.74) is 1.55. The van der Waals surface area contributed by atoms with Crippen molar-refractivity contribution in [1.29, 1.82) is 0 Å². The zero-order valence-corrected chi connectivity index (χ0v) is 14.6. The fourth-order valence-corrected chi connectivity index (χ4v) is 3.03. The lowest BCUT2D eigenvalue weighted by Crippen LogP contribution is -2.38. The molecule has 4 heterocycles. The molecule has 132 valence electrons. The Morgan fingerprint density at radius 3 is 3.04 bits per heavy atom. The Morgan fingerprint density at radius 2 is 2.19 bits per heavy atom. The topological polar surface area (TPSA) is 87.1 Å². The van der Waals surface area contributed by atoms with E-state index < -0.39 is 5.82 Å². The molecule has 1 aliphatic rings. The summed E-state index contributed by atoms with van der Waals surface area (Å²) < 4.78 is 14.2. The number of carbonyl (C=O) groups excluding carboxylic acids is 1. The minimum Gasteiger partial charge on any atom is -0.345 e. The maximum absolute atomic E-state index is 14.2. The van der Waals surface area contributed by atoms with Crippen LogP contribution < -0.4 is 0 Å². The highest BCUT2D eigenvalue weighted by molar-refractivity contribution is 6.39. The fraction of sp³-hybridized carbons (Fsp3) is 0.235. The number of carbonyl (C=O) groups is 1. The quantitative estimate of drug-likeness (QED) is 0.748. The summed E-state index contributed by atoms with van der Waals surface area (Å²) in [6.45, 7) is 0.665. The molecule has 1 saturated heterocycles. The normalized spacial score (nSPS) is 16.7. The summed E-state index contributed by atoms with van der Waals surface area (Å²) in [5, 5.41) is 1.19. The van der Waals surface area contributed by atoms with Crippen molar-refractivity contribution in [1.82, 2.24) is 24.8 Å². The van der Waals surface area contributed by atoms with Gasteiger partial charge in [0.25, 0.3) is 5.91 Å². The van der Waals surface area contributed by atoms with Gasteiger partial charge in [-0.2, -0.15) is 0 Å². The minimum atomic E-state index is -0.682. The standard InChI is InChI=1S/C17H14ClFN6O/c1-25-4-2-3-13(17(25)26)23-16-12(19)8-22-15(24-16)11-7-21-14-10(11)5-9(18)6-20-14/h5-8H,2-4H2,1H3,(H,20,21). The van der Waals surface area contributed by atoms with E-state index in [9.17, 15) is 9.18 Å². The van der Waals surface area contributed by atoms with Crippen molar-refractivity contribution in [3.8, 4) is 11.4 Å². The van der Waals surface area contributed by atoms with Crippen molar-refractivity contribution in [2.24, 2.45) is 4.99 Å². The second-order valence-electron chi connectivity index (χ2n) is 6.01. The number of aliphatic imine (C=N–C) groups is 1. The Kier molecular flexibility index (Phi) is 4.12. The highest BCUT2D eigenvalue weighted by Gasteiger charge is 2.22. The summed E-state index contributed by atoms with van der Waals surface area (Å²) in [4.78, 5) is 33.3. The van der Waals surface area contributed by atoms with E-state index in [-0.39, 0.29) is 17.5 Å². The second kappa shape index (κ2) is 6.45. The van der Waals surface area contributed by atoms with Gasteiger partial charge in [0.1, 0.15) is 11.4 Å². The number of nitrogens with zero attached hydrogens (tertiary/aromatic N) is 5. The number of fused-ring (bicyclic) bond motifs is 1. The van der Waals surface area contributed by atoms with Crippen LogP contribution in [0.15, 0.2) is 29.6 Å². The zero-order valence-electron chi connectivity index (χ0n) is 13.8. The van der Waals surface area contributed by atoms with Gasteiger partial charge in [-0.05, 0) is 18.9 Å². The van der Waals surface area contributed by atoms with Crippen LogP contribution in [0, 0.1) is 5.82 Å². The summed E-state index contributed by atoms with van der Waals surface area (Å²) in [6, 6.07) is 1.73. The van der Waals surface area contributed by atoms with Crippen molar-refractivity contribution in [3.05, 3.63) is 35.5 Å². The molecule has 3 aromatic heterocycles. The van der Waals surface area contributed by atoms with Crippen LogP contribution in [0.5, 0.6) is 0 Å². The lowest BCUT2D eigenvalue weighted by Gasteiger charge is -2.23. The second-order valence-corrected chi connectivity index (χ2v) is 6.44. The number of hydrogen-bond donors (Lipinski definition) is 1. The van der Waals surface area contributed by atoms with Gasteiger partial charge >= 0.3 is 0 Å². The predicted molar refractivity (Wildman–Crippen MR) is 96.1 cm³/mol. The van der Waals surface area contributed by atoms with E-state index in [1.54, 1.807) is 24.2 Å². The first kappa shape index (κ1) is 16.6. The molecule has 1 amide bonds. The van der Waals surface area contributed by atoms with Crippen LogP contribution in [0.4, 0.5) is 10.2 Å². The highest BCUT2D eigenvalue weighted by atomic mass is 35.5. The first-order valence-electron chi connectivity index (χ1n) is 8.01. The van der Waals surface area contributed by atoms with Gasteiger partial charge in [0.15, 0.2) is 17.5 Å². The van der Waals surface area contributed by atoms with Crippen LogP contribution in [-0.2, 0) is 4.79 Å². The molecule has 0 unspecified atom stereocenters. The van der Waals surface area contributed by atoms with Gasteiger partial charge in [0, 0.05) is 36.9 Å². The SMILES string of the molecule is CN1CCCC(=Nc2nc(-c3c[nH]c4ncc(Cl)cc34)ncc2F)C1=O. The lowest BCUT2D eigenvalue weighted by molar-refractivity contribution is -0.123. The van der Waals surface area contributed by atoms with Crippen LogP contribution in [0.2, 0.25) is 5.02 Å². The third-order valence-corrected chi connectivity index (χ3v) is 4.41. The monoisotopic (exact) mass is 372 g/mol. The maximum atomic E-state index is 14.2. The number of aromatic nitrogens is 4. The summed E-state index contributed by atoms with van der Waals surface area (Å²) in [5.74, 6) is -0.771. The minimum absolute atomic E-state index is 0.155. The number of halogens is 2. The molecule has 0 atom stereocenters. The van der Waals surface area contributed by atoms with Gasteiger partial charge in [0.2, 0.25) is 0 Å². The molecule has 4 rings (SSSR count). The van der Waals surface area contributed by atoms with Gasteiger partial charge in [-0.3, -0.25) is 4.79 Å². The number of aromatic amines is 1.